The van der Waals surface area contributed by atoms with Crippen LogP contribution in [0.25, 0.3) is 0 Å². The molecule has 1 aromatic rings. The van der Waals surface area contributed by atoms with Crippen LogP contribution < -0.4 is 15.4 Å². The normalized spacial score (nSPS) is 10.1. The van der Waals surface area contributed by atoms with Crippen LogP contribution in [0.5, 0.6) is 17.2 Å². The molecule has 0 aliphatic carbocycles. The van der Waals surface area contributed by atoms with E-state index in [2.05, 4.69) is 4.84 Å². The van der Waals surface area contributed by atoms with Crippen molar-refractivity contribution in [1.29, 1.82) is 0 Å². The molecule has 3 N–H and O–H groups in total. The third-order valence-electron chi connectivity index (χ3n) is 2.09. The van der Waals surface area contributed by atoms with Gasteiger partial charge in [-0.05, 0) is 12.1 Å². The SMILES string of the molecule is COc1ccc(O)c(CCON)c1OC. The van der Waals surface area contributed by atoms with Crippen LogP contribution in [0.2, 0.25) is 0 Å². The predicted octanol–water partition coefficient (Wildman–Crippen LogP) is 0.842. The lowest BCUT2D eigenvalue weighted by molar-refractivity contribution is 0.140. The molecule has 0 amide bonds. The van der Waals surface area contributed by atoms with E-state index in [1.54, 1.807) is 12.1 Å². The Hall–Kier alpha value is -1.46. The van der Waals surface area contributed by atoms with Gasteiger partial charge in [0.1, 0.15) is 5.75 Å². The van der Waals surface area contributed by atoms with Crippen molar-refractivity contribution in [2.75, 3.05) is 20.8 Å². The molecule has 5 nitrogen and oxygen atoms in total. The second-order valence-electron chi connectivity index (χ2n) is 2.92. The van der Waals surface area contributed by atoms with E-state index >= 15 is 0 Å². The standard InChI is InChI=1S/C10H15NO4/c1-13-9-4-3-8(12)7(5-6-15-11)10(9)14-2/h3-4,12H,5-6,11H2,1-2H3. The monoisotopic (exact) mass is 213 g/mol. The molecule has 5 heteroatoms. The highest BCUT2D eigenvalue weighted by Crippen LogP contribution is 2.36. The number of hydrogen-bond donors (Lipinski definition) is 2. The summed E-state index contributed by atoms with van der Waals surface area (Å²) in [7, 11) is 3.06. The maximum atomic E-state index is 9.64. The highest BCUT2D eigenvalue weighted by atomic mass is 16.6. The Bertz CT molecular complexity index is 327. The minimum absolute atomic E-state index is 0.143. The van der Waals surface area contributed by atoms with Gasteiger partial charge < -0.3 is 19.4 Å². The van der Waals surface area contributed by atoms with E-state index in [9.17, 15) is 5.11 Å². The Morgan fingerprint density at radius 2 is 2.00 bits per heavy atom. The molecule has 0 aromatic heterocycles. The summed E-state index contributed by atoms with van der Waals surface area (Å²) >= 11 is 0. The summed E-state index contributed by atoms with van der Waals surface area (Å²) in [5.74, 6) is 6.16. The van der Waals surface area contributed by atoms with Gasteiger partial charge in [-0.2, -0.15) is 0 Å². The summed E-state index contributed by atoms with van der Waals surface area (Å²) in [5, 5.41) is 9.64. The molecule has 15 heavy (non-hydrogen) atoms. The number of methoxy groups -OCH3 is 2. The molecule has 1 rings (SSSR count). The highest BCUT2D eigenvalue weighted by molar-refractivity contribution is 5.53. The van der Waals surface area contributed by atoms with Gasteiger partial charge in [0.15, 0.2) is 11.5 Å². The Labute approximate surface area is 88.3 Å². The number of nitrogens with two attached hydrogens (primary N) is 1. The van der Waals surface area contributed by atoms with E-state index < -0.39 is 0 Å². The van der Waals surface area contributed by atoms with Crippen LogP contribution in [0.4, 0.5) is 0 Å². The Balaban J connectivity index is 3.07. The fourth-order valence-corrected chi connectivity index (χ4v) is 1.38. The molecular formula is C10H15NO4. The number of hydrogen-bond acceptors (Lipinski definition) is 5. The third kappa shape index (κ3) is 2.51. The van der Waals surface area contributed by atoms with Crippen LogP contribution in [0.1, 0.15) is 5.56 Å². The van der Waals surface area contributed by atoms with E-state index in [-0.39, 0.29) is 5.75 Å². The number of aromatic hydroxyl groups is 1. The summed E-state index contributed by atoms with van der Waals surface area (Å²) in [5.41, 5.74) is 0.627. The molecule has 0 atom stereocenters. The molecule has 0 fully saturated rings. The topological polar surface area (TPSA) is 73.9 Å². The molecule has 0 heterocycles. The quantitative estimate of drug-likeness (QED) is 0.709. The molecule has 0 spiro atoms. The average molecular weight is 213 g/mol. The van der Waals surface area contributed by atoms with Crippen molar-refractivity contribution in [3.63, 3.8) is 0 Å². The van der Waals surface area contributed by atoms with Gasteiger partial charge in [0, 0.05) is 12.0 Å². The van der Waals surface area contributed by atoms with Crippen LogP contribution >= 0.6 is 0 Å². The van der Waals surface area contributed by atoms with E-state index in [0.29, 0.717) is 30.1 Å². The van der Waals surface area contributed by atoms with Crippen LogP contribution in [0.3, 0.4) is 0 Å². The third-order valence-corrected chi connectivity index (χ3v) is 2.09. The summed E-state index contributed by atoms with van der Waals surface area (Å²) in [4.78, 5) is 4.47. The summed E-state index contributed by atoms with van der Waals surface area (Å²) in [6.45, 7) is 0.303. The molecule has 1 aromatic carbocycles. The van der Waals surface area contributed by atoms with Gasteiger partial charge >= 0.3 is 0 Å². The average Bonchev–Trinajstić information content (AvgIpc) is 2.27. The minimum atomic E-state index is 0.143. The fourth-order valence-electron chi connectivity index (χ4n) is 1.38. The molecule has 0 bridgehead atoms. The Morgan fingerprint density at radius 3 is 2.53 bits per heavy atom. The van der Waals surface area contributed by atoms with Gasteiger partial charge in [0.25, 0.3) is 0 Å². The molecule has 0 unspecified atom stereocenters. The second kappa shape index (κ2) is 5.43. The van der Waals surface area contributed by atoms with Crippen molar-refractivity contribution in [3.8, 4) is 17.2 Å². The number of benzene rings is 1. The molecule has 0 radical (unpaired) electrons. The lowest BCUT2D eigenvalue weighted by atomic mass is 10.1. The molecular weight excluding hydrogens is 198 g/mol. The first-order valence-electron chi connectivity index (χ1n) is 4.49. The smallest absolute Gasteiger partial charge is 0.167 e. The van der Waals surface area contributed by atoms with E-state index in [1.165, 1.54) is 14.2 Å². The number of phenols is 1. The lowest BCUT2D eigenvalue weighted by Gasteiger charge is -2.13. The summed E-state index contributed by atoms with van der Waals surface area (Å²) in [6.07, 6.45) is 0.461. The molecule has 0 aliphatic rings. The molecule has 0 aliphatic heterocycles. The van der Waals surface area contributed by atoms with Gasteiger partial charge in [0.05, 0.1) is 20.8 Å². The summed E-state index contributed by atoms with van der Waals surface area (Å²) < 4.78 is 10.3. The zero-order valence-corrected chi connectivity index (χ0v) is 8.82. The number of phenolic OH excluding ortho intramolecular Hbond substituents is 1. The highest BCUT2D eigenvalue weighted by Gasteiger charge is 2.13. The van der Waals surface area contributed by atoms with Crippen molar-refractivity contribution in [2.45, 2.75) is 6.42 Å². The predicted molar refractivity (Wildman–Crippen MR) is 55.1 cm³/mol. The van der Waals surface area contributed by atoms with Gasteiger partial charge in [0.2, 0.25) is 0 Å². The lowest BCUT2D eigenvalue weighted by Crippen LogP contribution is -2.05. The van der Waals surface area contributed by atoms with Crippen LogP contribution in [0.15, 0.2) is 12.1 Å². The summed E-state index contributed by atoms with van der Waals surface area (Å²) in [6, 6.07) is 3.19. The first kappa shape index (κ1) is 11.6. The second-order valence-corrected chi connectivity index (χ2v) is 2.92. The van der Waals surface area contributed by atoms with Crippen molar-refractivity contribution < 1.29 is 19.4 Å². The largest absolute Gasteiger partial charge is 0.508 e. The van der Waals surface area contributed by atoms with E-state index in [1.807, 2.05) is 0 Å². The van der Waals surface area contributed by atoms with Gasteiger partial charge in [-0.3, -0.25) is 0 Å². The number of ether oxygens (including phenoxy) is 2. The molecule has 84 valence electrons. The molecule has 0 saturated carbocycles. The van der Waals surface area contributed by atoms with Crippen molar-refractivity contribution >= 4 is 0 Å². The minimum Gasteiger partial charge on any atom is -0.508 e. The van der Waals surface area contributed by atoms with Gasteiger partial charge in [-0.1, -0.05) is 0 Å². The van der Waals surface area contributed by atoms with Gasteiger partial charge in [-0.15, -0.1) is 0 Å². The Kier molecular flexibility index (Phi) is 4.20. The van der Waals surface area contributed by atoms with Crippen molar-refractivity contribution in [2.24, 2.45) is 5.90 Å². The first-order chi connectivity index (χ1) is 7.24. The Morgan fingerprint density at radius 1 is 1.27 bits per heavy atom. The zero-order chi connectivity index (χ0) is 11.3. The fraction of sp³-hybridized carbons (Fsp3) is 0.400. The maximum Gasteiger partial charge on any atom is 0.167 e. The zero-order valence-electron chi connectivity index (χ0n) is 8.82. The van der Waals surface area contributed by atoms with Crippen molar-refractivity contribution in [1.82, 2.24) is 0 Å². The maximum absolute atomic E-state index is 9.64. The van der Waals surface area contributed by atoms with Crippen LogP contribution in [-0.4, -0.2) is 25.9 Å². The van der Waals surface area contributed by atoms with E-state index in [0.717, 1.165) is 0 Å². The molecule has 0 saturated heterocycles. The van der Waals surface area contributed by atoms with E-state index in [4.69, 9.17) is 15.4 Å². The van der Waals surface area contributed by atoms with Crippen LogP contribution in [-0.2, 0) is 11.3 Å². The van der Waals surface area contributed by atoms with Crippen molar-refractivity contribution in [3.05, 3.63) is 17.7 Å². The number of rotatable bonds is 5. The first-order valence-corrected chi connectivity index (χ1v) is 4.49. The van der Waals surface area contributed by atoms with Crippen LogP contribution in [0, 0.1) is 0 Å². The van der Waals surface area contributed by atoms with Gasteiger partial charge in [-0.25, -0.2) is 5.90 Å².